The Labute approximate surface area is 147 Å². The summed E-state index contributed by atoms with van der Waals surface area (Å²) in [5, 5.41) is 7.16. The average molecular weight is 344 g/mol. The number of likely N-dealkylation sites (tertiary alicyclic amines) is 1. The standard InChI is InChI=1S/C18H24N4O3/c1-24-10-9-21-13-15(12-19-21)20-18(23)22-8-4-7-17(22)14-5-3-6-16(11-14)25-2/h3,5-6,11-13,17H,4,7-10H2,1-2H3,(H,20,23). The van der Waals surface area contributed by atoms with E-state index in [9.17, 15) is 4.79 Å². The van der Waals surface area contributed by atoms with Gasteiger partial charge in [-0.05, 0) is 30.5 Å². The molecule has 1 atom stereocenters. The molecule has 1 N–H and O–H groups in total. The predicted molar refractivity (Wildman–Crippen MR) is 94.8 cm³/mol. The first-order chi connectivity index (χ1) is 12.2. The van der Waals surface area contributed by atoms with Crippen LogP contribution in [0.25, 0.3) is 0 Å². The third kappa shape index (κ3) is 4.11. The first kappa shape index (κ1) is 17.3. The van der Waals surface area contributed by atoms with Gasteiger partial charge in [-0.25, -0.2) is 4.79 Å². The van der Waals surface area contributed by atoms with Gasteiger partial charge in [0.25, 0.3) is 0 Å². The zero-order valence-electron chi connectivity index (χ0n) is 14.6. The van der Waals surface area contributed by atoms with E-state index in [0.29, 0.717) is 18.8 Å². The van der Waals surface area contributed by atoms with Crippen LogP contribution < -0.4 is 10.1 Å². The van der Waals surface area contributed by atoms with E-state index in [1.165, 1.54) is 0 Å². The Bertz CT molecular complexity index is 716. The predicted octanol–water partition coefficient (Wildman–Crippen LogP) is 2.91. The van der Waals surface area contributed by atoms with Crippen molar-refractivity contribution in [3.8, 4) is 5.75 Å². The maximum Gasteiger partial charge on any atom is 0.322 e. The number of hydrogen-bond donors (Lipinski definition) is 1. The van der Waals surface area contributed by atoms with Gasteiger partial charge in [0.15, 0.2) is 0 Å². The Morgan fingerprint density at radius 2 is 2.28 bits per heavy atom. The third-order valence-electron chi connectivity index (χ3n) is 4.40. The molecule has 0 spiro atoms. The molecule has 2 aromatic rings. The van der Waals surface area contributed by atoms with Gasteiger partial charge in [-0.1, -0.05) is 12.1 Å². The van der Waals surface area contributed by atoms with E-state index in [4.69, 9.17) is 9.47 Å². The number of urea groups is 1. The Balaban J connectivity index is 1.67. The number of benzene rings is 1. The molecule has 1 aliphatic rings. The van der Waals surface area contributed by atoms with Crippen LogP contribution >= 0.6 is 0 Å². The number of methoxy groups -OCH3 is 2. The second-order valence-electron chi connectivity index (χ2n) is 6.04. The highest BCUT2D eigenvalue weighted by Gasteiger charge is 2.30. The van der Waals surface area contributed by atoms with Crippen LogP contribution in [-0.2, 0) is 11.3 Å². The summed E-state index contributed by atoms with van der Waals surface area (Å²) in [7, 11) is 3.30. The number of amides is 2. The number of rotatable bonds is 6. The topological polar surface area (TPSA) is 68.6 Å². The zero-order valence-corrected chi connectivity index (χ0v) is 14.6. The van der Waals surface area contributed by atoms with Crippen molar-refractivity contribution < 1.29 is 14.3 Å². The van der Waals surface area contributed by atoms with E-state index < -0.39 is 0 Å². The van der Waals surface area contributed by atoms with Crippen LogP contribution in [0.4, 0.5) is 10.5 Å². The molecule has 2 amide bonds. The molecule has 134 valence electrons. The quantitative estimate of drug-likeness (QED) is 0.875. The Morgan fingerprint density at radius 3 is 3.08 bits per heavy atom. The molecule has 3 rings (SSSR count). The number of anilines is 1. The number of ether oxygens (including phenoxy) is 2. The highest BCUT2D eigenvalue weighted by Crippen LogP contribution is 2.33. The first-order valence-corrected chi connectivity index (χ1v) is 8.44. The van der Waals surface area contributed by atoms with Crippen LogP contribution in [0.2, 0.25) is 0 Å². The van der Waals surface area contributed by atoms with Crippen molar-refractivity contribution in [2.75, 3.05) is 32.7 Å². The van der Waals surface area contributed by atoms with Crippen molar-refractivity contribution in [3.63, 3.8) is 0 Å². The minimum absolute atomic E-state index is 0.0682. The summed E-state index contributed by atoms with van der Waals surface area (Å²) in [4.78, 5) is 14.6. The lowest BCUT2D eigenvalue weighted by molar-refractivity contribution is 0.183. The van der Waals surface area contributed by atoms with E-state index in [2.05, 4.69) is 10.4 Å². The van der Waals surface area contributed by atoms with Gasteiger partial charge in [-0.3, -0.25) is 4.68 Å². The zero-order chi connectivity index (χ0) is 17.6. The minimum Gasteiger partial charge on any atom is -0.497 e. The van der Waals surface area contributed by atoms with Crippen LogP contribution in [0.1, 0.15) is 24.4 Å². The van der Waals surface area contributed by atoms with Crippen LogP contribution in [0.15, 0.2) is 36.7 Å². The molecule has 1 fully saturated rings. The SMILES string of the molecule is COCCn1cc(NC(=O)N2CCCC2c2cccc(OC)c2)cn1. The lowest BCUT2D eigenvalue weighted by Gasteiger charge is -2.25. The average Bonchev–Trinajstić information content (AvgIpc) is 3.29. The van der Waals surface area contributed by atoms with Crippen LogP contribution in [-0.4, -0.2) is 48.1 Å². The lowest BCUT2D eigenvalue weighted by atomic mass is 10.0. The fraction of sp³-hybridized carbons (Fsp3) is 0.444. The van der Waals surface area contributed by atoms with Crippen LogP contribution in [0.3, 0.4) is 0 Å². The fourth-order valence-electron chi connectivity index (χ4n) is 3.14. The molecule has 7 heteroatoms. The number of nitrogens with one attached hydrogen (secondary N) is 1. The van der Waals surface area contributed by atoms with Gasteiger partial charge >= 0.3 is 6.03 Å². The van der Waals surface area contributed by atoms with Crippen molar-refractivity contribution in [3.05, 3.63) is 42.2 Å². The van der Waals surface area contributed by atoms with E-state index in [1.807, 2.05) is 35.4 Å². The summed E-state index contributed by atoms with van der Waals surface area (Å²) in [5.41, 5.74) is 1.79. The summed E-state index contributed by atoms with van der Waals surface area (Å²) in [5.74, 6) is 0.809. The molecular formula is C18H24N4O3. The lowest BCUT2D eigenvalue weighted by Crippen LogP contribution is -2.34. The third-order valence-corrected chi connectivity index (χ3v) is 4.40. The summed E-state index contributed by atoms with van der Waals surface area (Å²) in [6, 6.07) is 7.88. The number of carbonyl (C=O) groups excluding carboxylic acids is 1. The second kappa shape index (κ2) is 8.02. The Hall–Kier alpha value is -2.54. The molecule has 1 aromatic carbocycles. The molecule has 2 heterocycles. The van der Waals surface area contributed by atoms with Gasteiger partial charge in [0.1, 0.15) is 5.75 Å². The molecule has 0 aliphatic carbocycles. The van der Waals surface area contributed by atoms with Gasteiger partial charge in [0, 0.05) is 19.9 Å². The van der Waals surface area contributed by atoms with Crippen molar-refractivity contribution in [1.82, 2.24) is 14.7 Å². The van der Waals surface area contributed by atoms with Gasteiger partial charge in [0.05, 0.1) is 38.2 Å². The Kier molecular flexibility index (Phi) is 5.55. The normalized spacial score (nSPS) is 16.9. The molecule has 0 bridgehead atoms. The summed E-state index contributed by atoms with van der Waals surface area (Å²) < 4.78 is 12.1. The number of carbonyl (C=O) groups is 1. The fourth-order valence-corrected chi connectivity index (χ4v) is 3.14. The molecule has 1 unspecified atom stereocenters. The van der Waals surface area contributed by atoms with Crippen LogP contribution in [0, 0.1) is 0 Å². The van der Waals surface area contributed by atoms with Gasteiger partial charge < -0.3 is 19.7 Å². The maximum absolute atomic E-state index is 12.7. The largest absolute Gasteiger partial charge is 0.497 e. The summed E-state index contributed by atoms with van der Waals surface area (Å²) in [6.07, 6.45) is 5.41. The van der Waals surface area contributed by atoms with Crippen LogP contribution in [0.5, 0.6) is 5.75 Å². The number of hydrogen-bond acceptors (Lipinski definition) is 4. The molecule has 0 radical (unpaired) electrons. The smallest absolute Gasteiger partial charge is 0.322 e. The van der Waals surface area contributed by atoms with Crippen molar-refractivity contribution >= 4 is 11.7 Å². The molecule has 1 aromatic heterocycles. The van der Waals surface area contributed by atoms with Gasteiger partial charge in [-0.15, -0.1) is 0 Å². The van der Waals surface area contributed by atoms with Crippen molar-refractivity contribution in [2.45, 2.75) is 25.4 Å². The molecule has 1 saturated heterocycles. The summed E-state index contributed by atoms with van der Waals surface area (Å²) >= 11 is 0. The molecule has 0 saturated carbocycles. The van der Waals surface area contributed by atoms with Gasteiger partial charge in [-0.2, -0.15) is 5.10 Å². The molecule has 7 nitrogen and oxygen atoms in total. The summed E-state index contributed by atoms with van der Waals surface area (Å²) in [6.45, 7) is 1.98. The van der Waals surface area contributed by atoms with Gasteiger partial charge in [0.2, 0.25) is 0 Å². The molecule has 1 aliphatic heterocycles. The molecule has 25 heavy (non-hydrogen) atoms. The van der Waals surface area contributed by atoms with E-state index in [0.717, 1.165) is 30.7 Å². The number of nitrogens with zero attached hydrogens (tertiary/aromatic N) is 3. The first-order valence-electron chi connectivity index (χ1n) is 8.44. The second-order valence-corrected chi connectivity index (χ2v) is 6.04. The highest BCUT2D eigenvalue weighted by atomic mass is 16.5. The monoisotopic (exact) mass is 344 g/mol. The minimum atomic E-state index is -0.100. The number of aromatic nitrogens is 2. The Morgan fingerprint density at radius 1 is 1.40 bits per heavy atom. The van der Waals surface area contributed by atoms with Crippen molar-refractivity contribution in [2.24, 2.45) is 0 Å². The van der Waals surface area contributed by atoms with Crippen molar-refractivity contribution in [1.29, 1.82) is 0 Å². The van der Waals surface area contributed by atoms with E-state index in [1.54, 1.807) is 25.1 Å². The van der Waals surface area contributed by atoms with E-state index >= 15 is 0 Å². The van der Waals surface area contributed by atoms with E-state index in [-0.39, 0.29) is 12.1 Å². The molecular weight excluding hydrogens is 320 g/mol. The highest BCUT2D eigenvalue weighted by molar-refractivity contribution is 5.89. The maximum atomic E-state index is 12.7.